The molecule has 4 unspecified atom stereocenters. The van der Waals surface area contributed by atoms with Gasteiger partial charge in [0, 0.05) is 125 Å². The predicted molar refractivity (Wildman–Crippen MR) is 603 cm³/mol. The molecule has 28 rings (SSSR count). The van der Waals surface area contributed by atoms with Crippen molar-refractivity contribution in [3.63, 3.8) is 0 Å². The molecule has 6 aliphatic heterocycles. The van der Waals surface area contributed by atoms with Crippen molar-refractivity contribution in [3.8, 4) is 11.4 Å². The van der Waals surface area contributed by atoms with Gasteiger partial charge in [0.15, 0.2) is 11.2 Å². The zero-order valence-corrected chi connectivity index (χ0v) is 87.0. The normalized spacial score (nSPS) is 19.7. The Labute approximate surface area is 832 Å². The molecule has 12 heterocycles. The third-order valence-electron chi connectivity index (χ3n) is 35.5. The number of anilines is 10. The summed E-state index contributed by atoms with van der Waals surface area (Å²) >= 11 is 3.83. The molecular formula is C128H124B2N6O2S2. The number of thiophene rings is 2. The van der Waals surface area contributed by atoms with Gasteiger partial charge in [-0.3, -0.25) is 0 Å². The summed E-state index contributed by atoms with van der Waals surface area (Å²) in [6.07, 6.45) is 9.68. The average molecular weight is 1860 g/mol. The number of hydrogen-bond donors (Lipinski definition) is 0. The van der Waals surface area contributed by atoms with Crippen molar-refractivity contribution < 1.29 is 8.83 Å². The van der Waals surface area contributed by atoms with Crippen LogP contribution in [-0.2, 0) is 43.3 Å². The number of furan rings is 2. The van der Waals surface area contributed by atoms with Gasteiger partial charge in [0.25, 0.3) is 13.4 Å². The molecule has 0 saturated heterocycles. The molecule has 0 amide bonds. The van der Waals surface area contributed by atoms with Crippen LogP contribution < -0.4 is 52.4 Å². The van der Waals surface area contributed by atoms with Crippen molar-refractivity contribution in [2.75, 3.05) is 19.6 Å². The second-order valence-electron chi connectivity index (χ2n) is 49.8. The number of hydrogen-bond acceptors (Lipinski definition) is 8. The van der Waals surface area contributed by atoms with Gasteiger partial charge < -0.3 is 37.6 Å². The Hall–Kier alpha value is -12.5. The van der Waals surface area contributed by atoms with Crippen molar-refractivity contribution in [1.82, 2.24) is 9.13 Å². The summed E-state index contributed by atoms with van der Waals surface area (Å²) < 4.78 is 24.5. The Balaban J connectivity index is 0.000000141. The Morgan fingerprint density at radius 1 is 0.279 bits per heavy atom. The van der Waals surface area contributed by atoms with Crippen molar-refractivity contribution in [2.24, 2.45) is 0 Å². The molecule has 2 aliphatic carbocycles. The van der Waals surface area contributed by atoms with Crippen LogP contribution >= 0.6 is 22.7 Å². The first-order chi connectivity index (χ1) is 66.7. The molecular weight excluding hydrogens is 1740 g/mol. The van der Waals surface area contributed by atoms with Crippen LogP contribution in [0.15, 0.2) is 264 Å². The van der Waals surface area contributed by atoms with Crippen LogP contribution in [0, 0.1) is 0 Å². The molecule has 4 atom stereocenters. The lowest BCUT2D eigenvalue weighted by Gasteiger charge is -2.50. The van der Waals surface area contributed by atoms with Gasteiger partial charge in [-0.2, -0.15) is 0 Å². The number of para-hydroxylation sites is 2. The second kappa shape index (κ2) is 28.7. The minimum absolute atomic E-state index is 0.0105. The van der Waals surface area contributed by atoms with Gasteiger partial charge in [0.1, 0.15) is 22.2 Å². The molecule has 140 heavy (non-hydrogen) atoms. The highest BCUT2D eigenvalue weighted by atomic mass is 32.1. The molecule has 20 aromatic rings. The first-order valence-electron chi connectivity index (χ1n) is 51.7. The van der Waals surface area contributed by atoms with Crippen molar-refractivity contribution in [1.29, 1.82) is 0 Å². The van der Waals surface area contributed by atoms with Gasteiger partial charge in [0.2, 0.25) is 0 Å². The molecule has 2 fully saturated rings. The van der Waals surface area contributed by atoms with E-state index in [9.17, 15) is 0 Å². The van der Waals surface area contributed by atoms with Gasteiger partial charge in [0.05, 0.1) is 38.2 Å². The fourth-order valence-electron chi connectivity index (χ4n) is 27.5. The first-order valence-corrected chi connectivity index (χ1v) is 53.3. The molecule has 2 saturated carbocycles. The van der Waals surface area contributed by atoms with Crippen LogP contribution in [0.25, 0.3) is 118 Å². The molecule has 0 radical (unpaired) electrons. The van der Waals surface area contributed by atoms with Gasteiger partial charge >= 0.3 is 0 Å². The third-order valence-corrected chi connectivity index (χ3v) is 37.9. The van der Waals surface area contributed by atoms with Crippen LogP contribution in [0.3, 0.4) is 0 Å². The molecule has 8 aliphatic rings. The predicted octanol–water partition coefficient (Wildman–Crippen LogP) is 32.3. The maximum absolute atomic E-state index is 7.02. The van der Waals surface area contributed by atoms with Crippen LogP contribution in [0.5, 0.6) is 0 Å². The highest BCUT2D eigenvalue weighted by Gasteiger charge is 2.61. The Bertz CT molecular complexity index is 8850. The van der Waals surface area contributed by atoms with Gasteiger partial charge in [-0.15, -0.1) is 22.7 Å². The second-order valence-corrected chi connectivity index (χ2v) is 51.9. The summed E-state index contributed by atoms with van der Waals surface area (Å²) in [5.74, 6) is 0. The Morgan fingerprint density at radius 2 is 0.664 bits per heavy atom. The molecule has 0 N–H and O–H groups in total. The van der Waals surface area contributed by atoms with E-state index in [2.05, 4.69) is 436 Å². The zero-order chi connectivity index (χ0) is 96.4. The summed E-state index contributed by atoms with van der Waals surface area (Å²) in [5, 5.41) is 9.97. The van der Waals surface area contributed by atoms with E-state index in [-0.39, 0.29) is 67.8 Å². The first kappa shape index (κ1) is 86.6. The highest BCUT2D eigenvalue weighted by Crippen LogP contribution is 2.65. The van der Waals surface area contributed by atoms with E-state index in [0.717, 1.165) is 57.0 Å². The number of benzene rings is 14. The Kier molecular flexibility index (Phi) is 17.8. The van der Waals surface area contributed by atoms with E-state index >= 15 is 0 Å². The molecule has 14 aromatic carbocycles. The summed E-state index contributed by atoms with van der Waals surface area (Å²) in [6.45, 7) is 52.9. The summed E-state index contributed by atoms with van der Waals surface area (Å²) in [6, 6.07) is 99.8. The standard InChI is InChI=1S/2C64H62BN3OS/c1-60(2,3)37-25-28-48-45(32-37)63(10)29-16-17-30-64(63,11)68(48)40-26-27-46-50(36-40)66(49-22-18-21-42-41-19-13-15-24-54(41)70-59(42)49)51-34-39(62(7,8)9)35-52-55(51)65(46)47-33-38(61(4,5)6)31-44-56(47)67(52)57-43-20-12-14-23-53(43)69-58(44)57;1-60(2,3)37-25-28-47-44(32-37)63(10)29-16-17-30-64(63,11)68(47)40-26-27-45-49(36-40)66(48-21-18-24-54-55(48)42-20-13-15-23-53(42)70-54)50-34-39(62(7,8)9)35-51-56(50)65(45)46-33-38(61(4,5)6)31-43-57(46)67(51)58-41-19-12-14-22-52(41)69-59(43)58/h2*12-15,18-28,31-36H,16-17,29-30H2,1-11H3. The molecule has 8 nitrogen and oxygen atoms in total. The van der Waals surface area contributed by atoms with Gasteiger partial charge in [-0.1, -0.05) is 292 Å². The van der Waals surface area contributed by atoms with Crippen LogP contribution in [0.4, 0.5) is 56.9 Å². The maximum atomic E-state index is 7.02. The van der Waals surface area contributed by atoms with Gasteiger partial charge in [-0.05, 0) is 277 Å². The fraction of sp³-hybridized carbons (Fsp3) is 0.312. The van der Waals surface area contributed by atoms with Crippen molar-refractivity contribution >= 4 is 232 Å². The SMILES string of the molecule is CC(C)(C)c1cc2c3c(c1)-n1c4c(cc(C(C)(C)C)cc4c4oc5ccccc5c41)B3c1ccc(N3c4ccc(C(C)(C)C)cc4C4(C)CCCCC34C)cc1N2c1cccc2c1sc1ccccc12.CC(C)(C)c1cc2c3c(c1)-n1c4c(cc(C(C)(C)C)cc4c4oc5ccccc5c41)B3c1ccc(N3c4ccc(C(C)(C)C)cc4C4(C)CCCCC34C)cc1N2c1cccc2sc3ccccc3c12. The number of fused-ring (bicyclic) bond motifs is 30. The smallest absolute Gasteiger partial charge is 0.252 e. The van der Waals surface area contributed by atoms with E-state index in [1.54, 1.807) is 0 Å². The van der Waals surface area contributed by atoms with E-state index in [1.807, 2.05) is 22.7 Å². The molecule has 12 heteroatoms. The zero-order valence-electron chi connectivity index (χ0n) is 85.4. The topological polar surface area (TPSA) is 49.1 Å². The monoisotopic (exact) mass is 1860 g/mol. The molecule has 0 bridgehead atoms. The lowest BCUT2D eigenvalue weighted by Crippen LogP contribution is -2.61. The summed E-state index contributed by atoms with van der Waals surface area (Å²) in [4.78, 5) is 11.0. The third kappa shape index (κ3) is 11.7. The fourth-order valence-corrected chi connectivity index (χ4v) is 29.8. The van der Waals surface area contributed by atoms with Crippen molar-refractivity contribution in [3.05, 3.63) is 299 Å². The molecule has 0 spiro atoms. The lowest BCUT2D eigenvalue weighted by atomic mass is 9.33. The molecule has 6 aromatic heterocycles. The van der Waals surface area contributed by atoms with Crippen molar-refractivity contribution in [2.45, 2.75) is 258 Å². The number of rotatable bonds is 4. The summed E-state index contributed by atoms with van der Waals surface area (Å²) in [7, 11) is 0. The van der Waals surface area contributed by atoms with E-state index in [1.165, 1.54) is 246 Å². The quantitative estimate of drug-likeness (QED) is 0.164. The van der Waals surface area contributed by atoms with E-state index < -0.39 is 0 Å². The minimum atomic E-state index is -0.138. The van der Waals surface area contributed by atoms with Crippen LogP contribution in [0.2, 0.25) is 0 Å². The highest BCUT2D eigenvalue weighted by molar-refractivity contribution is 7.26. The molecule has 696 valence electrons. The number of aromatic nitrogens is 2. The maximum Gasteiger partial charge on any atom is 0.252 e. The van der Waals surface area contributed by atoms with E-state index in [0.29, 0.717) is 0 Å². The van der Waals surface area contributed by atoms with Crippen LogP contribution in [-0.4, -0.2) is 33.6 Å². The lowest BCUT2D eigenvalue weighted by molar-refractivity contribution is 0.195. The largest absolute Gasteiger partial charge is 0.454 e. The number of nitrogens with zero attached hydrogens (tertiary/aromatic N) is 6. The minimum Gasteiger partial charge on any atom is -0.454 e. The average Bonchev–Trinajstić information content (AvgIpc) is 1.44. The van der Waals surface area contributed by atoms with Crippen LogP contribution in [0.1, 0.15) is 248 Å². The van der Waals surface area contributed by atoms with E-state index in [4.69, 9.17) is 8.83 Å². The summed E-state index contributed by atoms with van der Waals surface area (Å²) in [5.41, 5.74) is 42.8. The Morgan fingerprint density at radius 3 is 1.14 bits per heavy atom. The van der Waals surface area contributed by atoms with Gasteiger partial charge in [-0.25, -0.2) is 0 Å².